The van der Waals surface area contributed by atoms with E-state index in [1.165, 1.54) is 4.90 Å². The van der Waals surface area contributed by atoms with Crippen molar-refractivity contribution in [2.24, 2.45) is 4.99 Å². The van der Waals surface area contributed by atoms with Crippen LogP contribution in [0.15, 0.2) is 41.4 Å². The van der Waals surface area contributed by atoms with Gasteiger partial charge < -0.3 is 10.2 Å². The number of anilines is 2. The van der Waals surface area contributed by atoms with Gasteiger partial charge in [0.2, 0.25) is 5.91 Å². The number of alkyl halides is 3. The molecule has 2 aliphatic rings. The second-order valence-corrected chi connectivity index (χ2v) is 11.8. The molecular weight excluding hydrogens is 511 g/mol. The summed E-state index contributed by atoms with van der Waals surface area (Å²) in [6, 6.07) is 7.22. The van der Waals surface area contributed by atoms with Crippen LogP contribution in [-0.4, -0.2) is 48.8 Å². The Kier molecular flexibility index (Phi) is 6.65. The third kappa shape index (κ3) is 5.21. The Hall–Kier alpha value is -2.24. The first kappa shape index (κ1) is 24.9. The molecule has 0 bridgehead atoms. The molecule has 0 unspecified atom stereocenters. The lowest BCUT2D eigenvalue weighted by atomic mass is 10.1. The molecule has 2 aliphatic heterocycles. The number of amidine groups is 1. The van der Waals surface area contributed by atoms with Gasteiger partial charge in [-0.2, -0.15) is 13.2 Å². The lowest BCUT2D eigenvalue weighted by Crippen LogP contribution is -2.39. The standard InChI is InChI=1S/C22H21ClF3N3O3S2/c1-12-3-4-13(2)16(7-12)27-20(30)9-33-21-28-17-10-34(31,32)11-19(17)29(21)18-8-14(22(24,25)26)5-6-15(18)23/h3-8,17,19H,9-11H2,1-2H3,(H,27,30)/t17-,19-/m0/s1. The quantitative estimate of drug-likeness (QED) is 0.619. The topological polar surface area (TPSA) is 78.8 Å². The maximum Gasteiger partial charge on any atom is 0.416 e. The third-order valence-electron chi connectivity index (χ3n) is 5.64. The zero-order chi connectivity index (χ0) is 24.8. The Morgan fingerprint density at radius 1 is 1.21 bits per heavy atom. The minimum absolute atomic E-state index is 0.0160. The molecule has 1 amide bonds. The highest BCUT2D eigenvalue weighted by atomic mass is 35.5. The summed E-state index contributed by atoms with van der Waals surface area (Å²) in [6.07, 6.45) is -4.60. The van der Waals surface area contributed by atoms with Crippen LogP contribution < -0.4 is 10.2 Å². The van der Waals surface area contributed by atoms with Crippen molar-refractivity contribution in [3.63, 3.8) is 0 Å². The molecule has 1 N–H and O–H groups in total. The number of fused-ring (bicyclic) bond motifs is 1. The van der Waals surface area contributed by atoms with Gasteiger partial charge in [-0.25, -0.2) is 8.42 Å². The minimum atomic E-state index is -4.60. The summed E-state index contributed by atoms with van der Waals surface area (Å²) in [7, 11) is -3.40. The van der Waals surface area contributed by atoms with Gasteiger partial charge >= 0.3 is 6.18 Å². The van der Waals surface area contributed by atoms with Crippen LogP contribution in [0.5, 0.6) is 0 Å². The summed E-state index contributed by atoms with van der Waals surface area (Å²) in [5, 5.41) is 3.13. The summed E-state index contributed by atoms with van der Waals surface area (Å²) >= 11 is 7.29. The maximum absolute atomic E-state index is 13.4. The number of amides is 1. The summed E-state index contributed by atoms with van der Waals surface area (Å²) in [5.41, 5.74) is 1.64. The van der Waals surface area contributed by atoms with Gasteiger partial charge in [0.15, 0.2) is 15.0 Å². The summed E-state index contributed by atoms with van der Waals surface area (Å²) < 4.78 is 64.4. The van der Waals surface area contributed by atoms with Crippen molar-refractivity contribution in [1.29, 1.82) is 0 Å². The highest BCUT2D eigenvalue weighted by molar-refractivity contribution is 8.14. The van der Waals surface area contributed by atoms with Crippen molar-refractivity contribution in [3.05, 3.63) is 58.1 Å². The molecule has 2 atom stereocenters. The molecule has 6 nitrogen and oxygen atoms in total. The molecule has 4 rings (SSSR count). The van der Waals surface area contributed by atoms with E-state index in [-0.39, 0.29) is 39.0 Å². The van der Waals surface area contributed by atoms with Gasteiger partial charge in [-0.1, -0.05) is 35.5 Å². The molecule has 34 heavy (non-hydrogen) atoms. The molecule has 0 spiro atoms. The molecule has 0 radical (unpaired) electrons. The zero-order valence-corrected chi connectivity index (χ0v) is 20.6. The number of aryl methyl sites for hydroxylation is 2. The van der Waals surface area contributed by atoms with Gasteiger partial charge in [0.25, 0.3) is 0 Å². The normalized spacial score (nSPS) is 21.4. The number of hydrogen-bond acceptors (Lipinski definition) is 6. The molecular formula is C22H21ClF3N3O3S2. The van der Waals surface area contributed by atoms with Gasteiger partial charge in [-0.3, -0.25) is 9.79 Å². The fourth-order valence-electron chi connectivity index (χ4n) is 3.98. The smallest absolute Gasteiger partial charge is 0.325 e. The largest absolute Gasteiger partial charge is 0.416 e. The van der Waals surface area contributed by atoms with Gasteiger partial charge in [0, 0.05) is 5.69 Å². The molecule has 182 valence electrons. The number of benzene rings is 2. The summed E-state index contributed by atoms with van der Waals surface area (Å²) in [5.74, 6) is -0.845. The Morgan fingerprint density at radius 2 is 1.94 bits per heavy atom. The van der Waals surface area contributed by atoms with Crippen molar-refractivity contribution < 1.29 is 26.4 Å². The van der Waals surface area contributed by atoms with Crippen LogP contribution in [-0.2, 0) is 20.8 Å². The van der Waals surface area contributed by atoms with Crippen LogP contribution in [0.1, 0.15) is 16.7 Å². The van der Waals surface area contributed by atoms with Gasteiger partial charge in [-0.05, 0) is 49.2 Å². The van der Waals surface area contributed by atoms with E-state index in [2.05, 4.69) is 10.3 Å². The lowest BCUT2D eigenvalue weighted by Gasteiger charge is -2.28. The van der Waals surface area contributed by atoms with Crippen molar-refractivity contribution >= 4 is 55.6 Å². The number of nitrogens with one attached hydrogen (secondary N) is 1. The van der Waals surface area contributed by atoms with Crippen LogP contribution >= 0.6 is 23.4 Å². The van der Waals surface area contributed by atoms with Crippen LogP contribution in [0.4, 0.5) is 24.5 Å². The second kappa shape index (κ2) is 9.09. The minimum Gasteiger partial charge on any atom is -0.325 e. The average molecular weight is 532 g/mol. The van der Waals surface area contributed by atoms with E-state index < -0.39 is 33.7 Å². The zero-order valence-electron chi connectivity index (χ0n) is 18.2. The molecule has 0 aliphatic carbocycles. The van der Waals surface area contributed by atoms with Crippen LogP contribution in [0.2, 0.25) is 5.02 Å². The number of nitrogens with zero attached hydrogens (tertiary/aromatic N) is 2. The van der Waals surface area contributed by atoms with Gasteiger partial charge in [0.05, 0.1) is 45.6 Å². The number of carbonyl (C=O) groups excluding carboxylic acids is 1. The molecule has 0 saturated carbocycles. The first-order valence-electron chi connectivity index (χ1n) is 10.3. The number of sulfone groups is 1. The molecule has 2 aromatic carbocycles. The summed E-state index contributed by atoms with van der Waals surface area (Å²) in [4.78, 5) is 18.5. The van der Waals surface area contributed by atoms with Crippen molar-refractivity contribution in [2.45, 2.75) is 32.1 Å². The first-order chi connectivity index (χ1) is 15.8. The van der Waals surface area contributed by atoms with E-state index in [9.17, 15) is 26.4 Å². The maximum atomic E-state index is 13.4. The van der Waals surface area contributed by atoms with Crippen molar-refractivity contribution in [2.75, 3.05) is 27.5 Å². The van der Waals surface area contributed by atoms with Crippen molar-refractivity contribution in [1.82, 2.24) is 0 Å². The van der Waals surface area contributed by atoms with E-state index in [0.717, 1.165) is 41.1 Å². The Labute approximate surface area is 204 Å². The van der Waals surface area contributed by atoms with Crippen LogP contribution in [0, 0.1) is 13.8 Å². The number of halogens is 4. The van der Waals surface area contributed by atoms with Crippen molar-refractivity contribution in [3.8, 4) is 0 Å². The van der Waals surface area contributed by atoms with E-state index >= 15 is 0 Å². The number of aliphatic imine (C=N–C) groups is 1. The number of rotatable bonds is 4. The molecule has 0 aromatic heterocycles. The van der Waals surface area contributed by atoms with Crippen LogP contribution in [0.25, 0.3) is 0 Å². The highest BCUT2D eigenvalue weighted by Crippen LogP contribution is 2.41. The third-order valence-corrected chi connectivity index (χ3v) is 8.63. The Bertz CT molecular complexity index is 1280. The predicted molar refractivity (Wildman–Crippen MR) is 130 cm³/mol. The molecule has 12 heteroatoms. The lowest BCUT2D eigenvalue weighted by molar-refractivity contribution is -0.137. The van der Waals surface area contributed by atoms with Crippen LogP contribution in [0.3, 0.4) is 0 Å². The molecule has 1 saturated heterocycles. The van der Waals surface area contributed by atoms with Gasteiger partial charge in [-0.15, -0.1) is 0 Å². The number of hydrogen-bond donors (Lipinski definition) is 1. The van der Waals surface area contributed by atoms with Gasteiger partial charge in [0.1, 0.15) is 0 Å². The highest BCUT2D eigenvalue weighted by Gasteiger charge is 2.48. The second-order valence-electron chi connectivity index (χ2n) is 8.31. The van der Waals surface area contributed by atoms with E-state index in [0.29, 0.717) is 5.69 Å². The Balaban J connectivity index is 1.60. The first-order valence-corrected chi connectivity index (χ1v) is 13.5. The fraction of sp³-hybridized carbons (Fsp3) is 0.364. The predicted octanol–water partition coefficient (Wildman–Crippen LogP) is 4.69. The fourth-order valence-corrected chi connectivity index (χ4v) is 6.94. The molecule has 1 fully saturated rings. The SMILES string of the molecule is Cc1ccc(C)c(NC(=O)CSC2=N[C@H]3CS(=O)(=O)C[C@@H]3N2c2cc(C(F)(F)F)ccc2Cl)c1. The monoisotopic (exact) mass is 531 g/mol. The number of thioether (sulfide) groups is 1. The summed E-state index contributed by atoms with van der Waals surface area (Å²) in [6.45, 7) is 3.77. The average Bonchev–Trinajstić information content (AvgIpc) is 3.20. The van der Waals surface area contributed by atoms with E-state index in [1.807, 2.05) is 32.0 Å². The Morgan fingerprint density at radius 3 is 2.65 bits per heavy atom. The van der Waals surface area contributed by atoms with E-state index in [4.69, 9.17) is 11.6 Å². The van der Waals surface area contributed by atoms with E-state index in [1.54, 1.807) is 0 Å². The number of carbonyl (C=O) groups is 1. The molecule has 2 heterocycles. The molecule has 2 aromatic rings.